The van der Waals surface area contributed by atoms with E-state index in [1.165, 1.54) is 5.56 Å². The summed E-state index contributed by atoms with van der Waals surface area (Å²) in [6, 6.07) is 1.96. The van der Waals surface area contributed by atoms with Crippen LogP contribution in [0.4, 0.5) is 5.82 Å². The van der Waals surface area contributed by atoms with Crippen molar-refractivity contribution in [2.75, 3.05) is 11.9 Å². The zero-order valence-corrected chi connectivity index (χ0v) is 13.1. The van der Waals surface area contributed by atoms with E-state index in [4.69, 9.17) is 4.98 Å². The smallest absolute Gasteiger partial charge is 0.163 e. The van der Waals surface area contributed by atoms with Crippen molar-refractivity contribution in [3.05, 3.63) is 34.8 Å². The number of anilines is 1. The number of thiophene rings is 1. The van der Waals surface area contributed by atoms with Crippen LogP contribution < -0.4 is 5.32 Å². The minimum absolute atomic E-state index is 0.756. The Morgan fingerprint density at radius 2 is 2.14 bits per heavy atom. The summed E-state index contributed by atoms with van der Waals surface area (Å²) in [5.41, 5.74) is 4.17. The number of aryl methyl sites for hydroxylation is 2. The molecule has 0 saturated carbocycles. The average Bonchev–Trinajstić information content (AvgIpc) is 3.07. The summed E-state index contributed by atoms with van der Waals surface area (Å²) >= 11 is 1.67. The predicted molar refractivity (Wildman–Crippen MR) is 86.4 cm³/mol. The molecule has 0 bridgehead atoms. The fraction of sp³-hybridized carbons (Fsp3) is 0.267. The molecule has 3 heterocycles. The Kier molecular flexibility index (Phi) is 3.70. The number of hydrogen-bond acceptors (Lipinski definition) is 5. The molecular formula is C15H17N5S. The molecule has 0 atom stereocenters. The topological polar surface area (TPSA) is 55.6 Å². The molecule has 0 fully saturated rings. The van der Waals surface area contributed by atoms with Crippen LogP contribution >= 0.6 is 11.3 Å². The lowest BCUT2D eigenvalue weighted by Crippen LogP contribution is -2.02. The lowest BCUT2D eigenvalue weighted by atomic mass is 10.2. The van der Waals surface area contributed by atoms with Crippen molar-refractivity contribution < 1.29 is 0 Å². The van der Waals surface area contributed by atoms with Gasteiger partial charge in [-0.2, -0.15) is 16.4 Å². The summed E-state index contributed by atoms with van der Waals surface area (Å²) in [6.07, 6.45) is 3.78. The number of aromatic nitrogens is 4. The molecule has 1 N–H and O–H groups in total. The van der Waals surface area contributed by atoms with E-state index >= 15 is 0 Å². The van der Waals surface area contributed by atoms with Crippen molar-refractivity contribution in [1.82, 2.24) is 19.7 Å². The monoisotopic (exact) mass is 299 g/mol. The maximum Gasteiger partial charge on any atom is 0.163 e. The van der Waals surface area contributed by atoms with Gasteiger partial charge in [0, 0.05) is 42.4 Å². The fourth-order valence-corrected chi connectivity index (χ4v) is 2.96. The molecule has 3 aromatic heterocycles. The third-order valence-electron chi connectivity index (χ3n) is 3.18. The van der Waals surface area contributed by atoms with Gasteiger partial charge in [-0.05, 0) is 24.8 Å². The molecule has 3 rings (SSSR count). The summed E-state index contributed by atoms with van der Waals surface area (Å²) in [7, 11) is 1.90. The highest BCUT2D eigenvalue weighted by Crippen LogP contribution is 2.28. The highest BCUT2D eigenvalue weighted by molar-refractivity contribution is 7.08. The summed E-state index contributed by atoms with van der Waals surface area (Å²) < 4.78 is 1.78. The highest BCUT2D eigenvalue weighted by atomic mass is 32.1. The van der Waals surface area contributed by atoms with Gasteiger partial charge in [0.2, 0.25) is 0 Å². The second-order valence-corrected chi connectivity index (χ2v) is 5.61. The first kappa shape index (κ1) is 13.8. The van der Waals surface area contributed by atoms with Crippen LogP contribution in [-0.2, 0) is 7.05 Å². The van der Waals surface area contributed by atoms with Crippen LogP contribution in [0.2, 0.25) is 0 Å². The summed E-state index contributed by atoms with van der Waals surface area (Å²) in [5, 5.41) is 11.7. The molecule has 0 aromatic carbocycles. The Balaban J connectivity index is 2.12. The van der Waals surface area contributed by atoms with Crippen molar-refractivity contribution >= 4 is 17.2 Å². The van der Waals surface area contributed by atoms with Gasteiger partial charge in [0.05, 0.1) is 11.9 Å². The lowest BCUT2D eigenvalue weighted by Gasteiger charge is -2.08. The molecule has 5 nitrogen and oxygen atoms in total. The zero-order chi connectivity index (χ0) is 14.8. The standard InChI is InChI=1S/C15H17N5S/c1-4-16-14-5-13(11-6-17-20(3)7-11)18-15(19-14)12-9-21-8-10(12)2/h5-9H,4H2,1-3H3,(H,16,18,19). The third kappa shape index (κ3) is 2.80. The number of hydrogen-bond donors (Lipinski definition) is 1. The Morgan fingerprint density at radius 3 is 2.76 bits per heavy atom. The zero-order valence-electron chi connectivity index (χ0n) is 12.3. The molecule has 0 aliphatic carbocycles. The molecule has 108 valence electrons. The molecule has 3 aromatic rings. The van der Waals surface area contributed by atoms with Gasteiger partial charge in [-0.3, -0.25) is 4.68 Å². The van der Waals surface area contributed by atoms with Crippen LogP contribution in [-0.4, -0.2) is 26.3 Å². The molecule has 0 spiro atoms. The van der Waals surface area contributed by atoms with E-state index in [1.54, 1.807) is 16.0 Å². The second kappa shape index (κ2) is 5.65. The Labute approximate surface area is 127 Å². The van der Waals surface area contributed by atoms with Gasteiger partial charge in [-0.15, -0.1) is 0 Å². The molecule has 0 unspecified atom stereocenters. The Bertz CT molecular complexity index is 759. The number of nitrogens with one attached hydrogen (secondary N) is 1. The van der Waals surface area contributed by atoms with E-state index in [2.05, 4.69) is 40.0 Å². The maximum absolute atomic E-state index is 4.70. The lowest BCUT2D eigenvalue weighted by molar-refractivity contribution is 0.768. The van der Waals surface area contributed by atoms with Crippen LogP contribution in [0, 0.1) is 6.92 Å². The molecule has 0 amide bonds. The molecule has 0 aliphatic rings. The van der Waals surface area contributed by atoms with Crippen LogP contribution in [0.1, 0.15) is 12.5 Å². The summed E-state index contributed by atoms with van der Waals surface area (Å²) in [6.45, 7) is 4.96. The van der Waals surface area contributed by atoms with Crippen molar-refractivity contribution in [2.45, 2.75) is 13.8 Å². The van der Waals surface area contributed by atoms with E-state index in [0.29, 0.717) is 0 Å². The molecule has 0 saturated heterocycles. The molecule has 6 heteroatoms. The Hall–Kier alpha value is -2.21. The van der Waals surface area contributed by atoms with Gasteiger partial charge in [-0.1, -0.05) is 0 Å². The number of rotatable bonds is 4. The fourth-order valence-electron chi connectivity index (χ4n) is 2.13. The summed E-state index contributed by atoms with van der Waals surface area (Å²) in [5.74, 6) is 1.60. The Morgan fingerprint density at radius 1 is 1.29 bits per heavy atom. The van der Waals surface area contributed by atoms with E-state index in [9.17, 15) is 0 Å². The SMILES string of the molecule is CCNc1cc(-c2cnn(C)c2)nc(-c2cscc2C)n1. The first-order valence-corrected chi connectivity index (χ1v) is 7.76. The van der Waals surface area contributed by atoms with Crippen molar-refractivity contribution in [3.8, 4) is 22.6 Å². The van der Waals surface area contributed by atoms with Crippen molar-refractivity contribution in [2.24, 2.45) is 7.05 Å². The van der Waals surface area contributed by atoms with E-state index in [0.717, 1.165) is 35.0 Å². The van der Waals surface area contributed by atoms with Gasteiger partial charge < -0.3 is 5.32 Å². The highest BCUT2D eigenvalue weighted by Gasteiger charge is 2.12. The quantitative estimate of drug-likeness (QED) is 0.802. The molecule has 0 aliphatic heterocycles. The van der Waals surface area contributed by atoms with Crippen LogP contribution in [0.3, 0.4) is 0 Å². The molecule has 21 heavy (non-hydrogen) atoms. The second-order valence-electron chi connectivity index (χ2n) is 4.86. The first-order chi connectivity index (χ1) is 10.2. The molecule has 0 radical (unpaired) electrons. The normalized spacial score (nSPS) is 10.8. The van der Waals surface area contributed by atoms with Crippen LogP contribution in [0.15, 0.2) is 29.2 Å². The van der Waals surface area contributed by atoms with E-state index in [1.807, 2.05) is 25.5 Å². The number of nitrogens with zero attached hydrogens (tertiary/aromatic N) is 4. The molecular weight excluding hydrogens is 282 g/mol. The van der Waals surface area contributed by atoms with Gasteiger partial charge in [0.15, 0.2) is 5.82 Å². The van der Waals surface area contributed by atoms with Gasteiger partial charge in [0.25, 0.3) is 0 Å². The predicted octanol–water partition coefficient (Wildman–Crippen LogP) is 3.35. The first-order valence-electron chi connectivity index (χ1n) is 6.82. The summed E-state index contributed by atoms with van der Waals surface area (Å²) in [4.78, 5) is 9.32. The van der Waals surface area contributed by atoms with E-state index in [-0.39, 0.29) is 0 Å². The van der Waals surface area contributed by atoms with E-state index < -0.39 is 0 Å². The van der Waals surface area contributed by atoms with Gasteiger partial charge >= 0.3 is 0 Å². The third-order valence-corrected chi connectivity index (χ3v) is 4.04. The van der Waals surface area contributed by atoms with Crippen LogP contribution in [0.5, 0.6) is 0 Å². The minimum atomic E-state index is 0.756. The average molecular weight is 299 g/mol. The van der Waals surface area contributed by atoms with Crippen molar-refractivity contribution in [1.29, 1.82) is 0 Å². The van der Waals surface area contributed by atoms with Crippen LogP contribution in [0.25, 0.3) is 22.6 Å². The van der Waals surface area contributed by atoms with Crippen molar-refractivity contribution in [3.63, 3.8) is 0 Å². The minimum Gasteiger partial charge on any atom is -0.370 e. The van der Waals surface area contributed by atoms with Gasteiger partial charge in [-0.25, -0.2) is 9.97 Å². The largest absolute Gasteiger partial charge is 0.370 e. The van der Waals surface area contributed by atoms with Gasteiger partial charge in [0.1, 0.15) is 5.82 Å². The maximum atomic E-state index is 4.70.